The van der Waals surface area contributed by atoms with Crippen LogP contribution >= 0.6 is 0 Å². The molecule has 8 heteroatoms. The van der Waals surface area contributed by atoms with Crippen LogP contribution in [0.25, 0.3) is 0 Å². The molecule has 1 saturated heterocycles. The summed E-state index contributed by atoms with van der Waals surface area (Å²) in [4.78, 5) is 6.56. The Labute approximate surface area is 159 Å². The molecule has 1 fully saturated rings. The van der Waals surface area contributed by atoms with Gasteiger partial charge in [0.1, 0.15) is 16.5 Å². The zero-order valence-electron chi connectivity index (χ0n) is 15.7. The zero-order chi connectivity index (χ0) is 19.6. The lowest BCUT2D eigenvalue weighted by Crippen LogP contribution is -2.36. The number of anilines is 2. The van der Waals surface area contributed by atoms with E-state index >= 15 is 0 Å². The maximum absolute atomic E-state index is 14.1. The highest BCUT2D eigenvalue weighted by Gasteiger charge is 2.17. The fourth-order valence-electron chi connectivity index (χ4n) is 3.07. The molecule has 0 spiro atoms. The first-order valence-corrected chi connectivity index (χ1v) is 10.7. The summed E-state index contributed by atoms with van der Waals surface area (Å²) in [5.41, 5.74) is 2.36. The van der Waals surface area contributed by atoms with Gasteiger partial charge in [-0.25, -0.2) is 17.8 Å². The number of benzene rings is 1. The minimum absolute atomic E-state index is 0.206. The molecule has 1 atom stereocenters. The van der Waals surface area contributed by atoms with E-state index in [0.717, 1.165) is 36.5 Å². The number of sulfone groups is 1. The lowest BCUT2D eigenvalue weighted by molar-refractivity contribution is 0.122. The predicted molar refractivity (Wildman–Crippen MR) is 104 cm³/mol. The van der Waals surface area contributed by atoms with Gasteiger partial charge in [0.15, 0.2) is 9.84 Å². The van der Waals surface area contributed by atoms with Crippen molar-refractivity contribution in [3.8, 4) is 0 Å². The van der Waals surface area contributed by atoms with E-state index in [4.69, 9.17) is 4.74 Å². The van der Waals surface area contributed by atoms with Gasteiger partial charge in [-0.2, -0.15) is 0 Å². The summed E-state index contributed by atoms with van der Waals surface area (Å²) in [6.07, 6.45) is 0.998. The summed E-state index contributed by atoms with van der Waals surface area (Å²) in [5.74, 6) is 0.179. The highest BCUT2D eigenvalue weighted by molar-refractivity contribution is 7.90. The minimum atomic E-state index is -3.58. The summed E-state index contributed by atoms with van der Waals surface area (Å²) in [6, 6.07) is 7.92. The number of rotatable bonds is 5. The largest absolute Gasteiger partial charge is 0.378 e. The SMILES string of the molecule is Cc1nc(N2CCOCC2)ccc1NC(C)c1ccc(S(C)(=O)=O)c(F)c1. The van der Waals surface area contributed by atoms with Crippen molar-refractivity contribution in [2.75, 3.05) is 42.8 Å². The van der Waals surface area contributed by atoms with Crippen LogP contribution in [0.4, 0.5) is 15.9 Å². The van der Waals surface area contributed by atoms with Gasteiger partial charge in [0.2, 0.25) is 0 Å². The number of ether oxygens (including phenoxy) is 1. The first-order chi connectivity index (χ1) is 12.8. The minimum Gasteiger partial charge on any atom is -0.378 e. The predicted octanol–water partition coefficient (Wildman–Crippen LogP) is 2.94. The number of hydrogen-bond donors (Lipinski definition) is 1. The fourth-order valence-corrected chi connectivity index (χ4v) is 3.80. The molecular formula is C19H24FN3O3S. The van der Waals surface area contributed by atoms with Crippen LogP contribution in [0.15, 0.2) is 35.2 Å². The average molecular weight is 393 g/mol. The van der Waals surface area contributed by atoms with E-state index in [1.807, 2.05) is 26.0 Å². The van der Waals surface area contributed by atoms with E-state index in [1.165, 1.54) is 12.1 Å². The molecule has 1 aliphatic heterocycles. The lowest BCUT2D eigenvalue weighted by atomic mass is 10.1. The standard InChI is InChI=1S/C19H24FN3O3S/c1-13(15-4-6-18(16(20)12-15)27(3,24)25)21-17-5-7-19(22-14(17)2)23-8-10-26-11-9-23/h4-7,12-13,21H,8-11H2,1-3H3. The van der Waals surface area contributed by atoms with Crippen LogP contribution in [0.2, 0.25) is 0 Å². The number of halogens is 1. The van der Waals surface area contributed by atoms with Gasteiger partial charge in [-0.1, -0.05) is 6.07 Å². The Bertz CT molecular complexity index is 928. The van der Waals surface area contributed by atoms with Crippen molar-refractivity contribution < 1.29 is 17.5 Å². The highest BCUT2D eigenvalue weighted by atomic mass is 32.2. The molecule has 3 rings (SSSR count). The van der Waals surface area contributed by atoms with Gasteiger partial charge < -0.3 is 15.0 Å². The second kappa shape index (κ2) is 7.82. The van der Waals surface area contributed by atoms with Crippen molar-refractivity contribution in [1.29, 1.82) is 0 Å². The molecule has 27 heavy (non-hydrogen) atoms. The van der Waals surface area contributed by atoms with Crippen molar-refractivity contribution >= 4 is 21.3 Å². The summed E-state index contributed by atoms with van der Waals surface area (Å²) >= 11 is 0. The Balaban J connectivity index is 1.76. The first kappa shape index (κ1) is 19.6. The number of hydrogen-bond acceptors (Lipinski definition) is 6. The van der Waals surface area contributed by atoms with Crippen molar-refractivity contribution in [3.05, 3.63) is 47.4 Å². The third-order valence-corrected chi connectivity index (χ3v) is 5.76. The second-order valence-corrected chi connectivity index (χ2v) is 8.71. The van der Waals surface area contributed by atoms with E-state index in [1.54, 1.807) is 6.07 Å². The molecular weight excluding hydrogens is 369 g/mol. The Kier molecular flexibility index (Phi) is 5.67. The molecule has 2 aromatic rings. The van der Waals surface area contributed by atoms with Gasteiger partial charge in [0.25, 0.3) is 0 Å². The van der Waals surface area contributed by atoms with E-state index in [-0.39, 0.29) is 10.9 Å². The third kappa shape index (κ3) is 4.56. The van der Waals surface area contributed by atoms with E-state index < -0.39 is 15.7 Å². The van der Waals surface area contributed by atoms with Crippen molar-refractivity contribution in [2.24, 2.45) is 0 Å². The molecule has 6 nitrogen and oxygen atoms in total. The Morgan fingerprint density at radius 3 is 2.52 bits per heavy atom. The van der Waals surface area contributed by atoms with Crippen molar-refractivity contribution in [2.45, 2.75) is 24.8 Å². The Morgan fingerprint density at radius 1 is 1.22 bits per heavy atom. The molecule has 1 aromatic carbocycles. The van der Waals surface area contributed by atoms with E-state index in [0.29, 0.717) is 18.8 Å². The Morgan fingerprint density at radius 2 is 1.93 bits per heavy atom. The van der Waals surface area contributed by atoms with Crippen LogP contribution in [0.5, 0.6) is 0 Å². The summed E-state index contributed by atoms with van der Waals surface area (Å²) in [7, 11) is -3.58. The maximum Gasteiger partial charge on any atom is 0.178 e. The van der Waals surface area contributed by atoms with Gasteiger partial charge in [0.05, 0.1) is 24.6 Å². The van der Waals surface area contributed by atoms with Gasteiger partial charge >= 0.3 is 0 Å². The van der Waals surface area contributed by atoms with Crippen LogP contribution in [0.3, 0.4) is 0 Å². The quantitative estimate of drug-likeness (QED) is 0.842. The molecule has 1 unspecified atom stereocenters. The normalized spacial score (nSPS) is 16.2. The molecule has 1 N–H and O–H groups in total. The second-order valence-electron chi connectivity index (χ2n) is 6.73. The number of pyridine rings is 1. The van der Waals surface area contributed by atoms with Crippen LogP contribution in [0.1, 0.15) is 24.2 Å². The smallest absolute Gasteiger partial charge is 0.178 e. The van der Waals surface area contributed by atoms with E-state index in [9.17, 15) is 12.8 Å². The van der Waals surface area contributed by atoms with Crippen LogP contribution < -0.4 is 10.2 Å². The number of nitrogens with one attached hydrogen (secondary N) is 1. The molecule has 1 aromatic heterocycles. The molecule has 0 saturated carbocycles. The summed E-state index contributed by atoms with van der Waals surface area (Å²) in [5, 5.41) is 3.32. The number of aryl methyl sites for hydroxylation is 1. The highest BCUT2D eigenvalue weighted by Crippen LogP contribution is 2.26. The molecule has 0 aliphatic carbocycles. The van der Waals surface area contributed by atoms with Gasteiger partial charge in [-0.15, -0.1) is 0 Å². The average Bonchev–Trinajstić information content (AvgIpc) is 2.63. The Hall–Kier alpha value is -2.19. The van der Waals surface area contributed by atoms with E-state index in [2.05, 4.69) is 15.2 Å². The number of nitrogens with zero attached hydrogens (tertiary/aromatic N) is 2. The first-order valence-electron chi connectivity index (χ1n) is 8.82. The van der Waals surface area contributed by atoms with Crippen molar-refractivity contribution in [3.63, 3.8) is 0 Å². The lowest BCUT2D eigenvalue weighted by Gasteiger charge is -2.28. The fraction of sp³-hybridized carbons (Fsp3) is 0.421. The molecule has 1 aliphatic rings. The van der Waals surface area contributed by atoms with Crippen LogP contribution in [-0.2, 0) is 14.6 Å². The number of aromatic nitrogens is 1. The summed E-state index contributed by atoms with van der Waals surface area (Å²) in [6.45, 7) is 6.86. The van der Waals surface area contributed by atoms with Crippen molar-refractivity contribution in [1.82, 2.24) is 4.98 Å². The van der Waals surface area contributed by atoms with Crippen LogP contribution in [0, 0.1) is 12.7 Å². The number of morpholine rings is 1. The van der Waals surface area contributed by atoms with Gasteiger partial charge in [0, 0.05) is 25.4 Å². The third-order valence-electron chi connectivity index (χ3n) is 4.63. The molecule has 0 radical (unpaired) electrons. The molecule has 146 valence electrons. The van der Waals surface area contributed by atoms with Gasteiger partial charge in [-0.05, 0) is 43.7 Å². The molecule has 0 amide bonds. The maximum atomic E-state index is 14.1. The topological polar surface area (TPSA) is 71.5 Å². The van der Waals surface area contributed by atoms with Gasteiger partial charge in [-0.3, -0.25) is 0 Å². The summed E-state index contributed by atoms with van der Waals surface area (Å²) < 4.78 is 42.6. The monoisotopic (exact) mass is 393 g/mol. The van der Waals surface area contributed by atoms with Crippen LogP contribution in [-0.4, -0.2) is 46.0 Å². The molecule has 0 bridgehead atoms. The zero-order valence-corrected chi connectivity index (χ0v) is 16.5. The molecule has 2 heterocycles.